The van der Waals surface area contributed by atoms with Gasteiger partial charge in [0, 0.05) is 26.7 Å². The van der Waals surface area contributed by atoms with Crippen molar-refractivity contribution in [2.24, 2.45) is 0 Å². The molecular weight excluding hydrogens is 322 g/mol. The van der Waals surface area contributed by atoms with Crippen LogP contribution in [-0.2, 0) is 6.42 Å². The van der Waals surface area contributed by atoms with Crippen LogP contribution in [0.25, 0.3) is 0 Å². The summed E-state index contributed by atoms with van der Waals surface area (Å²) in [5, 5.41) is 13.3. The normalized spacial score (nSPS) is 10.1. The number of halogens is 1. The van der Waals surface area contributed by atoms with Crippen LogP contribution in [0.4, 0.5) is 4.79 Å². The van der Waals surface area contributed by atoms with Gasteiger partial charge < -0.3 is 4.90 Å². The first-order valence-electron chi connectivity index (χ1n) is 5.83. The summed E-state index contributed by atoms with van der Waals surface area (Å²) in [6, 6.07) is 6.98. The molecule has 0 saturated heterocycles. The number of nitriles is 1. The van der Waals surface area contributed by atoms with Crippen LogP contribution >= 0.6 is 15.9 Å². The largest absolute Gasteiger partial charge is 0.345 e. The molecule has 0 N–H and O–H groups in total. The third-order valence-electron chi connectivity index (χ3n) is 2.65. The molecule has 2 aromatic heterocycles. The van der Waals surface area contributed by atoms with Crippen LogP contribution in [-0.4, -0.2) is 39.8 Å². The van der Waals surface area contributed by atoms with Gasteiger partial charge in [0.05, 0.1) is 5.69 Å². The maximum Gasteiger partial charge on any atom is 0.345 e. The van der Waals surface area contributed by atoms with E-state index in [0.717, 1.165) is 14.8 Å². The van der Waals surface area contributed by atoms with E-state index in [4.69, 9.17) is 5.26 Å². The lowest BCUT2D eigenvalue weighted by Gasteiger charge is -2.09. The number of pyridine rings is 1. The highest BCUT2D eigenvalue weighted by Crippen LogP contribution is 2.17. The van der Waals surface area contributed by atoms with Crippen molar-refractivity contribution in [3.8, 4) is 6.07 Å². The SMILES string of the molecule is CN(C)C(=O)n1nc(Cc2cccnc2Br)cc1C#N. The third-order valence-corrected chi connectivity index (χ3v) is 3.36. The van der Waals surface area contributed by atoms with Gasteiger partial charge >= 0.3 is 6.03 Å². The van der Waals surface area contributed by atoms with Gasteiger partial charge in [0.2, 0.25) is 0 Å². The van der Waals surface area contributed by atoms with Crippen molar-refractivity contribution >= 4 is 22.0 Å². The highest BCUT2D eigenvalue weighted by molar-refractivity contribution is 9.10. The van der Waals surface area contributed by atoms with Crippen molar-refractivity contribution in [1.29, 1.82) is 5.26 Å². The molecule has 0 bridgehead atoms. The fraction of sp³-hybridized carbons (Fsp3) is 0.231. The number of hydrogen-bond donors (Lipinski definition) is 0. The van der Waals surface area contributed by atoms with Crippen molar-refractivity contribution in [2.45, 2.75) is 6.42 Å². The topological polar surface area (TPSA) is 74.8 Å². The molecule has 0 atom stereocenters. The first-order chi connectivity index (χ1) is 9.52. The monoisotopic (exact) mass is 333 g/mol. The van der Waals surface area contributed by atoms with E-state index in [-0.39, 0.29) is 11.7 Å². The smallest absolute Gasteiger partial charge is 0.329 e. The predicted octanol–water partition coefficient (Wildman–Crippen LogP) is 2.03. The summed E-state index contributed by atoms with van der Waals surface area (Å²) in [6.07, 6.45) is 2.18. The fourth-order valence-corrected chi connectivity index (χ4v) is 2.07. The summed E-state index contributed by atoms with van der Waals surface area (Å²) in [5.41, 5.74) is 1.81. The van der Waals surface area contributed by atoms with Crippen LogP contribution < -0.4 is 0 Å². The summed E-state index contributed by atoms with van der Waals surface area (Å²) in [7, 11) is 3.23. The van der Waals surface area contributed by atoms with Gasteiger partial charge in [0.25, 0.3) is 0 Å². The molecule has 20 heavy (non-hydrogen) atoms. The molecule has 0 aliphatic carbocycles. The minimum absolute atomic E-state index is 0.221. The number of nitrogens with zero attached hydrogens (tertiary/aromatic N) is 5. The van der Waals surface area contributed by atoms with Crippen LogP contribution in [0.5, 0.6) is 0 Å². The average Bonchev–Trinajstić information content (AvgIpc) is 2.83. The number of aromatic nitrogens is 3. The van der Waals surface area contributed by atoms with Gasteiger partial charge in [0.1, 0.15) is 16.4 Å². The third kappa shape index (κ3) is 2.86. The minimum Gasteiger partial charge on any atom is -0.329 e. The van der Waals surface area contributed by atoms with Gasteiger partial charge in [-0.1, -0.05) is 6.07 Å². The predicted molar refractivity (Wildman–Crippen MR) is 76.2 cm³/mol. The Morgan fingerprint density at radius 2 is 2.30 bits per heavy atom. The summed E-state index contributed by atoms with van der Waals surface area (Å²) in [4.78, 5) is 17.4. The number of rotatable bonds is 2. The van der Waals surface area contributed by atoms with E-state index in [1.807, 2.05) is 18.2 Å². The summed E-state index contributed by atoms with van der Waals surface area (Å²) in [5.74, 6) is 0. The molecule has 0 saturated carbocycles. The van der Waals surface area contributed by atoms with E-state index in [0.29, 0.717) is 12.1 Å². The van der Waals surface area contributed by atoms with Crippen LogP contribution in [0, 0.1) is 11.3 Å². The van der Waals surface area contributed by atoms with Crippen LogP contribution in [0.2, 0.25) is 0 Å². The van der Waals surface area contributed by atoms with Gasteiger partial charge in [-0.25, -0.2) is 9.78 Å². The lowest BCUT2D eigenvalue weighted by molar-refractivity contribution is 0.215. The van der Waals surface area contributed by atoms with Gasteiger partial charge in [-0.15, -0.1) is 0 Å². The summed E-state index contributed by atoms with van der Waals surface area (Å²) >= 11 is 3.36. The van der Waals surface area contributed by atoms with Crippen LogP contribution in [0.1, 0.15) is 17.0 Å². The van der Waals surface area contributed by atoms with Gasteiger partial charge in [-0.3, -0.25) is 0 Å². The van der Waals surface area contributed by atoms with Gasteiger partial charge in [0.15, 0.2) is 0 Å². The molecule has 0 radical (unpaired) electrons. The zero-order valence-electron chi connectivity index (χ0n) is 11.0. The Morgan fingerprint density at radius 3 is 2.90 bits per heavy atom. The lowest BCUT2D eigenvalue weighted by atomic mass is 10.1. The molecule has 6 nitrogen and oxygen atoms in total. The molecule has 0 fully saturated rings. The summed E-state index contributed by atoms with van der Waals surface area (Å²) in [6.45, 7) is 0. The number of carbonyl (C=O) groups is 1. The molecule has 102 valence electrons. The fourth-order valence-electron chi connectivity index (χ4n) is 1.68. The second-order valence-corrected chi connectivity index (χ2v) is 5.10. The highest BCUT2D eigenvalue weighted by atomic mass is 79.9. The standard InChI is InChI=1S/C13H12BrN5O/c1-18(2)13(20)19-11(8-15)7-10(17-19)6-9-4-3-5-16-12(9)14/h3-5,7H,6H2,1-2H3. The Labute approximate surface area is 124 Å². The van der Waals surface area contributed by atoms with Gasteiger partial charge in [-0.2, -0.15) is 15.0 Å². The van der Waals surface area contributed by atoms with Crippen molar-refractivity contribution in [1.82, 2.24) is 19.7 Å². The molecule has 7 heteroatoms. The minimum atomic E-state index is -0.349. The molecule has 0 aliphatic rings. The van der Waals surface area contributed by atoms with E-state index >= 15 is 0 Å². The zero-order valence-corrected chi connectivity index (χ0v) is 12.6. The molecule has 0 aliphatic heterocycles. The number of carbonyl (C=O) groups excluding carboxylic acids is 1. The molecule has 0 unspecified atom stereocenters. The van der Waals surface area contributed by atoms with Crippen molar-refractivity contribution in [3.63, 3.8) is 0 Å². The second-order valence-electron chi connectivity index (χ2n) is 4.35. The highest BCUT2D eigenvalue weighted by Gasteiger charge is 2.16. The maximum atomic E-state index is 11.9. The van der Waals surface area contributed by atoms with Crippen molar-refractivity contribution < 1.29 is 4.79 Å². The quantitative estimate of drug-likeness (QED) is 0.788. The molecule has 0 aromatic carbocycles. The summed E-state index contributed by atoms with van der Waals surface area (Å²) < 4.78 is 1.84. The second kappa shape index (κ2) is 5.84. The Balaban J connectivity index is 2.34. The molecule has 2 rings (SSSR count). The first kappa shape index (κ1) is 14.2. The van der Waals surface area contributed by atoms with Gasteiger partial charge in [-0.05, 0) is 33.6 Å². The van der Waals surface area contributed by atoms with E-state index in [1.165, 1.54) is 4.90 Å². The lowest BCUT2D eigenvalue weighted by Crippen LogP contribution is -2.29. The molecule has 1 amide bonds. The Morgan fingerprint density at radius 1 is 1.55 bits per heavy atom. The van der Waals surface area contributed by atoms with Crippen LogP contribution in [0.3, 0.4) is 0 Å². The number of amides is 1. The van der Waals surface area contributed by atoms with Crippen molar-refractivity contribution in [3.05, 3.63) is 46.0 Å². The average molecular weight is 334 g/mol. The zero-order chi connectivity index (χ0) is 14.7. The Kier molecular flexibility index (Phi) is 4.15. The molecule has 0 spiro atoms. The Bertz CT molecular complexity index is 686. The first-order valence-corrected chi connectivity index (χ1v) is 6.62. The van der Waals surface area contributed by atoms with Crippen molar-refractivity contribution in [2.75, 3.05) is 14.1 Å². The van der Waals surface area contributed by atoms with E-state index in [1.54, 1.807) is 26.4 Å². The van der Waals surface area contributed by atoms with E-state index < -0.39 is 0 Å². The molecule has 2 aromatic rings. The number of hydrogen-bond acceptors (Lipinski definition) is 4. The molecule has 2 heterocycles. The van der Waals surface area contributed by atoms with E-state index in [2.05, 4.69) is 26.0 Å². The molecular formula is C13H12BrN5O. The van der Waals surface area contributed by atoms with Crippen LogP contribution in [0.15, 0.2) is 29.0 Å². The Hall–Kier alpha value is -2.20. The van der Waals surface area contributed by atoms with E-state index in [9.17, 15) is 4.79 Å². The maximum absolute atomic E-state index is 11.9.